The Morgan fingerprint density at radius 1 is 0.950 bits per heavy atom. The molecule has 0 fully saturated rings. The average Bonchev–Trinajstić information content (AvgIpc) is 2.33. The second-order valence-corrected chi connectivity index (χ2v) is 5.33. The van der Waals surface area contributed by atoms with E-state index in [4.69, 9.17) is 46.4 Å². The molecule has 0 saturated heterocycles. The molecule has 0 saturated carbocycles. The fraction of sp³-hybridized carbons (Fsp3) is 0.0833. The molecule has 2 aromatic rings. The van der Waals surface area contributed by atoms with Crippen molar-refractivity contribution >= 4 is 46.4 Å². The Morgan fingerprint density at radius 2 is 1.50 bits per heavy atom. The summed E-state index contributed by atoms with van der Waals surface area (Å²) in [6, 6.07) is 3.76. The van der Waals surface area contributed by atoms with Crippen molar-refractivity contribution in [2.45, 2.75) is 6.18 Å². The first-order valence-electron chi connectivity index (χ1n) is 5.08. The van der Waals surface area contributed by atoms with Gasteiger partial charge in [0.05, 0.1) is 15.1 Å². The Labute approximate surface area is 132 Å². The van der Waals surface area contributed by atoms with Crippen LogP contribution in [0.2, 0.25) is 20.2 Å². The van der Waals surface area contributed by atoms with Crippen LogP contribution in [0.3, 0.4) is 0 Å². The van der Waals surface area contributed by atoms with E-state index in [2.05, 4.69) is 4.98 Å². The lowest BCUT2D eigenvalue weighted by Gasteiger charge is -2.14. The quantitative estimate of drug-likeness (QED) is 0.424. The van der Waals surface area contributed by atoms with Crippen molar-refractivity contribution < 1.29 is 13.2 Å². The van der Waals surface area contributed by atoms with Crippen molar-refractivity contribution in [3.8, 4) is 11.1 Å². The molecule has 0 atom stereocenters. The van der Waals surface area contributed by atoms with E-state index < -0.39 is 16.9 Å². The zero-order valence-electron chi connectivity index (χ0n) is 9.40. The van der Waals surface area contributed by atoms with E-state index in [9.17, 15) is 13.2 Å². The zero-order valence-corrected chi connectivity index (χ0v) is 12.4. The van der Waals surface area contributed by atoms with Crippen LogP contribution in [-0.2, 0) is 6.18 Å². The summed E-state index contributed by atoms with van der Waals surface area (Å²) in [5.41, 5.74) is -1.06. The fourth-order valence-corrected chi connectivity index (χ4v) is 2.52. The van der Waals surface area contributed by atoms with Gasteiger partial charge in [0.25, 0.3) is 0 Å². The molecule has 0 aliphatic rings. The highest BCUT2D eigenvalue weighted by Crippen LogP contribution is 2.42. The van der Waals surface area contributed by atoms with E-state index in [0.29, 0.717) is 0 Å². The number of alkyl halides is 3. The lowest BCUT2D eigenvalue weighted by Crippen LogP contribution is -2.09. The number of halogens is 7. The van der Waals surface area contributed by atoms with Gasteiger partial charge in [0, 0.05) is 6.20 Å². The topological polar surface area (TPSA) is 12.9 Å². The van der Waals surface area contributed by atoms with Gasteiger partial charge >= 0.3 is 6.18 Å². The van der Waals surface area contributed by atoms with Gasteiger partial charge in [-0.1, -0.05) is 46.4 Å². The maximum Gasteiger partial charge on any atom is 0.419 e. The van der Waals surface area contributed by atoms with Crippen molar-refractivity contribution in [1.82, 2.24) is 4.98 Å². The number of pyridine rings is 1. The highest BCUT2D eigenvalue weighted by Gasteiger charge is 2.37. The van der Waals surface area contributed by atoms with Crippen molar-refractivity contribution in [2.24, 2.45) is 0 Å². The zero-order chi connectivity index (χ0) is 15.1. The Morgan fingerprint density at radius 3 is 2.00 bits per heavy atom. The van der Waals surface area contributed by atoms with Gasteiger partial charge in [-0.3, -0.25) is 0 Å². The molecule has 0 unspecified atom stereocenters. The molecule has 8 heteroatoms. The van der Waals surface area contributed by atoms with Gasteiger partial charge in [0.1, 0.15) is 10.7 Å². The summed E-state index contributed by atoms with van der Waals surface area (Å²) in [7, 11) is 0. The standard InChI is InChI=1S/C12H4Cl4F3N/c13-7-3-5(4-8(14)10(7)15)6-1-2-20-11(16)9(6)12(17,18)19/h1-4H. The highest BCUT2D eigenvalue weighted by atomic mass is 35.5. The molecule has 0 N–H and O–H groups in total. The molecule has 1 nitrogen and oxygen atoms in total. The van der Waals surface area contributed by atoms with Gasteiger partial charge in [-0.15, -0.1) is 0 Å². The predicted molar refractivity (Wildman–Crippen MR) is 74.7 cm³/mol. The van der Waals surface area contributed by atoms with E-state index in [1.54, 1.807) is 0 Å². The average molecular weight is 361 g/mol. The van der Waals surface area contributed by atoms with Gasteiger partial charge in [0.2, 0.25) is 0 Å². The highest BCUT2D eigenvalue weighted by molar-refractivity contribution is 6.48. The number of nitrogens with zero attached hydrogens (tertiary/aromatic N) is 1. The number of hydrogen-bond acceptors (Lipinski definition) is 1. The van der Waals surface area contributed by atoms with Crippen LogP contribution in [0.25, 0.3) is 11.1 Å². The van der Waals surface area contributed by atoms with Crippen LogP contribution >= 0.6 is 46.4 Å². The Bertz CT molecular complexity index is 647. The number of rotatable bonds is 1. The molecule has 2 rings (SSSR count). The first-order chi connectivity index (χ1) is 9.21. The van der Waals surface area contributed by atoms with Gasteiger partial charge in [-0.05, 0) is 29.3 Å². The maximum atomic E-state index is 13.1. The summed E-state index contributed by atoms with van der Waals surface area (Å²) >= 11 is 23.0. The minimum absolute atomic E-state index is 0.0511. The molecule has 0 aliphatic heterocycles. The normalized spacial score (nSPS) is 11.8. The first-order valence-corrected chi connectivity index (χ1v) is 6.59. The molecule has 1 aromatic carbocycles. The molecule has 20 heavy (non-hydrogen) atoms. The van der Waals surface area contributed by atoms with E-state index in [0.717, 1.165) is 0 Å². The Kier molecular flexibility index (Phi) is 4.40. The number of hydrogen-bond donors (Lipinski definition) is 0. The molecular formula is C12H4Cl4F3N. The van der Waals surface area contributed by atoms with Crippen LogP contribution in [0.4, 0.5) is 13.2 Å². The van der Waals surface area contributed by atoms with E-state index in [1.807, 2.05) is 0 Å². The second kappa shape index (κ2) is 5.60. The summed E-state index contributed by atoms with van der Waals surface area (Å²) in [5, 5.41) is -0.464. The predicted octanol–water partition coefficient (Wildman–Crippen LogP) is 6.38. The summed E-state index contributed by atoms with van der Waals surface area (Å²) in [6.07, 6.45) is -3.48. The van der Waals surface area contributed by atoms with Crippen LogP contribution in [0.5, 0.6) is 0 Å². The minimum Gasteiger partial charge on any atom is -0.244 e. The Hall–Kier alpha value is -0.680. The SMILES string of the molecule is FC(F)(F)c1c(-c2cc(Cl)c(Cl)c(Cl)c2)ccnc1Cl. The maximum absolute atomic E-state index is 13.1. The van der Waals surface area contributed by atoms with E-state index >= 15 is 0 Å². The molecular weight excluding hydrogens is 357 g/mol. The van der Waals surface area contributed by atoms with Crippen LogP contribution < -0.4 is 0 Å². The summed E-state index contributed by atoms with van der Waals surface area (Å²) in [4.78, 5) is 3.45. The van der Waals surface area contributed by atoms with Gasteiger partial charge < -0.3 is 0 Å². The summed E-state index contributed by atoms with van der Waals surface area (Å²) in [5.74, 6) is 0. The van der Waals surface area contributed by atoms with Crippen LogP contribution in [0.1, 0.15) is 5.56 Å². The third-order valence-electron chi connectivity index (χ3n) is 2.48. The lowest BCUT2D eigenvalue weighted by atomic mass is 10.0. The summed E-state index contributed by atoms with van der Waals surface area (Å²) < 4.78 is 39.2. The van der Waals surface area contributed by atoms with Crippen molar-refractivity contribution in [3.63, 3.8) is 0 Å². The number of benzene rings is 1. The van der Waals surface area contributed by atoms with Crippen molar-refractivity contribution in [1.29, 1.82) is 0 Å². The van der Waals surface area contributed by atoms with Crippen LogP contribution in [0.15, 0.2) is 24.4 Å². The van der Waals surface area contributed by atoms with E-state index in [-0.39, 0.29) is 26.2 Å². The molecule has 0 aliphatic carbocycles. The molecule has 1 aromatic heterocycles. The van der Waals surface area contributed by atoms with Gasteiger partial charge in [0.15, 0.2) is 0 Å². The molecule has 0 bridgehead atoms. The Balaban J connectivity index is 2.74. The smallest absolute Gasteiger partial charge is 0.244 e. The molecule has 0 radical (unpaired) electrons. The largest absolute Gasteiger partial charge is 0.419 e. The van der Waals surface area contributed by atoms with Crippen LogP contribution in [-0.4, -0.2) is 4.98 Å². The van der Waals surface area contributed by atoms with Gasteiger partial charge in [-0.25, -0.2) is 4.98 Å². The third-order valence-corrected chi connectivity index (χ3v) is 3.97. The molecule has 0 amide bonds. The first kappa shape index (κ1) is 15.7. The van der Waals surface area contributed by atoms with Gasteiger partial charge in [-0.2, -0.15) is 13.2 Å². The van der Waals surface area contributed by atoms with E-state index in [1.165, 1.54) is 24.4 Å². The van der Waals surface area contributed by atoms with Crippen LogP contribution in [0, 0.1) is 0 Å². The molecule has 106 valence electrons. The minimum atomic E-state index is -4.65. The lowest BCUT2D eigenvalue weighted by molar-refractivity contribution is -0.137. The van der Waals surface area contributed by atoms with Crippen molar-refractivity contribution in [3.05, 3.63) is 50.2 Å². The third kappa shape index (κ3) is 2.98. The van der Waals surface area contributed by atoms with Crippen molar-refractivity contribution in [2.75, 3.05) is 0 Å². The molecule has 1 heterocycles. The fourth-order valence-electron chi connectivity index (χ4n) is 1.66. The molecule has 0 spiro atoms. The second-order valence-electron chi connectivity index (χ2n) is 3.78. The summed E-state index contributed by atoms with van der Waals surface area (Å²) in [6.45, 7) is 0. The monoisotopic (exact) mass is 359 g/mol. The number of aromatic nitrogens is 1.